The normalized spacial score (nSPS) is 25.7. The van der Waals surface area contributed by atoms with E-state index in [2.05, 4.69) is 0 Å². The molecule has 3 N–H and O–H groups in total. The zero-order valence-electron chi connectivity index (χ0n) is 20.2. The van der Waals surface area contributed by atoms with Crippen molar-refractivity contribution in [2.45, 2.75) is 96.6 Å². The highest BCUT2D eigenvalue weighted by Gasteiger charge is 2.37. The molecule has 8 heteroatoms. The largest absolute Gasteiger partial charge is 0.550 e. The van der Waals surface area contributed by atoms with Crippen molar-refractivity contribution in [2.75, 3.05) is 13.2 Å². The molecule has 0 aromatic carbocycles. The molecule has 1 aliphatic heterocycles. The number of carboxylic acids is 1. The highest BCUT2D eigenvalue weighted by molar-refractivity contribution is 5.82. The van der Waals surface area contributed by atoms with Crippen molar-refractivity contribution >= 4 is 11.9 Å². The lowest BCUT2D eigenvalue weighted by Gasteiger charge is -2.37. The number of carbonyl (C=O) groups excluding carboxylic acids is 2. The summed E-state index contributed by atoms with van der Waals surface area (Å²) in [6.45, 7) is 5.99. The van der Waals surface area contributed by atoms with E-state index in [0.29, 0.717) is 44.5 Å². The van der Waals surface area contributed by atoms with Gasteiger partial charge in [-0.2, -0.15) is 0 Å². The molecule has 1 rings (SSSR count). The molecule has 0 spiro atoms. The summed E-state index contributed by atoms with van der Waals surface area (Å²) in [5.74, 6) is -1.70. The van der Waals surface area contributed by atoms with Gasteiger partial charge in [-0.15, -0.1) is 0 Å². The number of aliphatic hydroxyl groups excluding tert-OH is 3. The van der Waals surface area contributed by atoms with E-state index in [1.807, 2.05) is 19.1 Å². The van der Waals surface area contributed by atoms with Crippen molar-refractivity contribution in [1.29, 1.82) is 0 Å². The number of carboxylic acid groups (broad SMARTS) is 1. The van der Waals surface area contributed by atoms with Gasteiger partial charge in [0.15, 0.2) is 0 Å². The lowest BCUT2D eigenvalue weighted by Crippen LogP contribution is -2.50. The van der Waals surface area contributed by atoms with Crippen molar-refractivity contribution in [1.82, 2.24) is 0 Å². The quantitative estimate of drug-likeness (QED) is 0.143. The Balaban J connectivity index is 2.31. The number of unbranched alkanes of at least 4 members (excludes halogenated alkanes) is 4. The van der Waals surface area contributed by atoms with Crippen molar-refractivity contribution < 1.29 is 39.5 Å². The molecule has 190 valence electrons. The van der Waals surface area contributed by atoms with E-state index in [-0.39, 0.29) is 18.3 Å². The standard InChI is InChI=1S/C25H42O8/c1-17(15-23(29)32-13-8-6-4-5-7-12-22(27)28)14-21-25(31)24(30)20(16-33-21)11-9-10-18(2)19(3)26/h9-10,15,18-21,24-26,30-31H,4-8,11-14,16H2,1-3H3,(H,27,28)/p-1/b10-9+,17-15+/t18-,19+,20+,21+,24-,25+/m1/s1. The first-order chi connectivity index (χ1) is 15.6. The number of ether oxygens (including phenoxy) is 2. The molecular formula is C25H41O8-. The smallest absolute Gasteiger partial charge is 0.330 e. The van der Waals surface area contributed by atoms with Crippen LogP contribution in [0.2, 0.25) is 0 Å². The molecule has 8 nitrogen and oxygen atoms in total. The van der Waals surface area contributed by atoms with Crippen molar-refractivity contribution in [3.63, 3.8) is 0 Å². The lowest BCUT2D eigenvalue weighted by atomic mass is 9.87. The van der Waals surface area contributed by atoms with Gasteiger partial charge in [0.1, 0.15) is 6.10 Å². The third kappa shape index (κ3) is 12.3. The predicted molar refractivity (Wildman–Crippen MR) is 122 cm³/mol. The minimum atomic E-state index is -1.05. The summed E-state index contributed by atoms with van der Waals surface area (Å²) in [5, 5.41) is 40.8. The van der Waals surface area contributed by atoms with Crippen LogP contribution >= 0.6 is 0 Å². The maximum absolute atomic E-state index is 12.0. The third-order valence-corrected chi connectivity index (χ3v) is 6.03. The zero-order chi connectivity index (χ0) is 24.8. The molecule has 0 amide bonds. The molecular weight excluding hydrogens is 428 g/mol. The molecule has 1 heterocycles. The average Bonchev–Trinajstić information content (AvgIpc) is 2.74. The number of hydrogen-bond donors (Lipinski definition) is 3. The third-order valence-electron chi connectivity index (χ3n) is 6.03. The van der Waals surface area contributed by atoms with Gasteiger partial charge >= 0.3 is 5.97 Å². The first-order valence-corrected chi connectivity index (χ1v) is 12.0. The summed E-state index contributed by atoms with van der Waals surface area (Å²) in [6, 6.07) is 0. The molecule has 0 aliphatic carbocycles. The van der Waals surface area contributed by atoms with Crippen LogP contribution in [0.25, 0.3) is 0 Å². The highest BCUT2D eigenvalue weighted by Crippen LogP contribution is 2.27. The van der Waals surface area contributed by atoms with Crippen LogP contribution in [0, 0.1) is 11.8 Å². The fourth-order valence-electron chi connectivity index (χ4n) is 3.65. The number of rotatable bonds is 15. The Kier molecular flexibility index (Phi) is 14.2. The lowest BCUT2D eigenvalue weighted by molar-refractivity contribution is -0.305. The second kappa shape index (κ2) is 16.0. The number of hydrogen-bond acceptors (Lipinski definition) is 8. The van der Waals surface area contributed by atoms with Crippen LogP contribution in [0.15, 0.2) is 23.8 Å². The van der Waals surface area contributed by atoms with E-state index < -0.39 is 36.4 Å². The van der Waals surface area contributed by atoms with Crippen molar-refractivity contribution in [3.8, 4) is 0 Å². The Morgan fingerprint density at radius 2 is 1.79 bits per heavy atom. The van der Waals surface area contributed by atoms with E-state index in [0.717, 1.165) is 19.3 Å². The van der Waals surface area contributed by atoms with Crippen molar-refractivity contribution in [3.05, 3.63) is 23.8 Å². The van der Waals surface area contributed by atoms with Gasteiger partial charge in [0, 0.05) is 18.0 Å². The van der Waals surface area contributed by atoms with Gasteiger partial charge in [-0.3, -0.25) is 0 Å². The van der Waals surface area contributed by atoms with Gasteiger partial charge in [-0.25, -0.2) is 4.79 Å². The van der Waals surface area contributed by atoms with E-state index in [1.165, 1.54) is 6.08 Å². The molecule has 0 aromatic rings. The molecule has 0 aromatic heterocycles. The van der Waals surface area contributed by atoms with E-state index in [4.69, 9.17) is 9.47 Å². The van der Waals surface area contributed by atoms with E-state index >= 15 is 0 Å². The molecule has 0 bridgehead atoms. The van der Waals surface area contributed by atoms with Gasteiger partial charge in [-0.05, 0) is 51.9 Å². The van der Waals surface area contributed by atoms with Gasteiger partial charge in [0.25, 0.3) is 0 Å². The maximum atomic E-state index is 12.0. The van der Waals surface area contributed by atoms with Crippen molar-refractivity contribution in [2.24, 2.45) is 11.8 Å². The van der Waals surface area contributed by atoms with Gasteiger partial charge < -0.3 is 34.7 Å². The van der Waals surface area contributed by atoms with Gasteiger partial charge in [0.05, 0.1) is 31.5 Å². The Hall–Kier alpha value is -1.74. The summed E-state index contributed by atoms with van der Waals surface area (Å²) < 4.78 is 11.0. The molecule has 0 saturated carbocycles. The number of esters is 1. The van der Waals surface area contributed by atoms with Crippen LogP contribution in [0.3, 0.4) is 0 Å². The summed E-state index contributed by atoms with van der Waals surface area (Å²) in [5.41, 5.74) is 0.697. The second-order valence-corrected chi connectivity index (χ2v) is 9.13. The summed E-state index contributed by atoms with van der Waals surface area (Å²) >= 11 is 0. The molecule has 1 saturated heterocycles. The highest BCUT2D eigenvalue weighted by atomic mass is 16.5. The van der Waals surface area contributed by atoms with Crippen LogP contribution in [0.4, 0.5) is 0 Å². The SMILES string of the molecule is C/C(=C\C(=O)OCCCCCCCC(=O)[O-])C[C@@H]1OC[C@H](C/C=C/[C@@H](C)[C@H](C)O)[C@@H](O)[C@H]1O. The number of allylic oxidation sites excluding steroid dienone is 1. The summed E-state index contributed by atoms with van der Waals surface area (Å²) in [4.78, 5) is 22.3. The summed E-state index contributed by atoms with van der Waals surface area (Å²) in [6.07, 6.45) is 6.96. The molecule has 1 aliphatic rings. The molecule has 0 radical (unpaired) electrons. The van der Waals surface area contributed by atoms with Crippen LogP contribution < -0.4 is 5.11 Å². The predicted octanol–water partition coefficient (Wildman–Crippen LogP) is 1.66. The monoisotopic (exact) mass is 469 g/mol. The Morgan fingerprint density at radius 3 is 2.45 bits per heavy atom. The van der Waals surface area contributed by atoms with Crippen LogP contribution in [-0.4, -0.2) is 64.9 Å². The first-order valence-electron chi connectivity index (χ1n) is 12.0. The zero-order valence-corrected chi connectivity index (χ0v) is 20.2. The minimum absolute atomic E-state index is 0.0125. The Morgan fingerprint density at radius 1 is 1.12 bits per heavy atom. The van der Waals surface area contributed by atoms with Crippen LogP contribution in [0.5, 0.6) is 0 Å². The fraction of sp³-hybridized carbons (Fsp3) is 0.760. The Labute approximate surface area is 197 Å². The Bertz CT molecular complexity index is 642. The number of carbonyl (C=O) groups is 2. The minimum Gasteiger partial charge on any atom is -0.550 e. The van der Waals surface area contributed by atoms with Crippen LogP contribution in [-0.2, 0) is 19.1 Å². The number of aliphatic hydroxyl groups is 3. The molecule has 33 heavy (non-hydrogen) atoms. The van der Waals surface area contributed by atoms with E-state index in [9.17, 15) is 30.0 Å². The topological polar surface area (TPSA) is 136 Å². The molecule has 1 fully saturated rings. The van der Waals surface area contributed by atoms with Gasteiger partial charge in [-0.1, -0.05) is 43.9 Å². The number of aliphatic carboxylic acids is 1. The van der Waals surface area contributed by atoms with Crippen LogP contribution in [0.1, 0.15) is 72.1 Å². The average molecular weight is 470 g/mol. The molecule has 6 atom stereocenters. The first kappa shape index (κ1) is 29.3. The molecule has 0 unspecified atom stereocenters. The van der Waals surface area contributed by atoms with Gasteiger partial charge in [0.2, 0.25) is 0 Å². The van der Waals surface area contributed by atoms with E-state index in [1.54, 1.807) is 13.8 Å². The second-order valence-electron chi connectivity index (χ2n) is 9.13. The maximum Gasteiger partial charge on any atom is 0.330 e. The fourth-order valence-corrected chi connectivity index (χ4v) is 3.65. The summed E-state index contributed by atoms with van der Waals surface area (Å²) in [7, 11) is 0.